The SMILES string of the molecule is Fc1cccc([CH]Br)c1F. The molecule has 0 unspecified atom stereocenters. The van der Waals surface area contributed by atoms with Gasteiger partial charge in [-0.1, -0.05) is 28.1 Å². The highest BCUT2D eigenvalue weighted by atomic mass is 79.9. The molecule has 1 aromatic carbocycles. The van der Waals surface area contributed by atoms with Crippen LogP contribution >= 0.6 is 15.9 Å². The number of benzene rings is 1. The van der Waals surface area contributed by atoms with Gasteiger partial charge in [-0.05, 0) is 6.07 Å². The highest BCUT2D eigenvalue weighted by molar-refractivity contribution is 9.10. The van der Waals surface area contributed by atoms with Gasteiger partial charge in [-0.15, -0.1) is 0 Å². The molecular weight excluding hydrogens is 202 g/mol. The average molecular weight is 206 g/mol. The van der Waals surface area contributed by atoms with Gasteiger partial charge >= 0.3 is 0 Å². The van der Waals surface area contributed by atoms with Gasteiger partial charge in [-0.25, -0.2) is 8.78 Å². The monoisotopic (exact) mass is 205 g/mol. The van der Waals surface area contributed by atoms with Crippen molar-refractivity contribution in [3.8, 4) is 0 Å². The fourth-order valence-electron chi connectivity index (χ4n) is 0.605. The highest BCUT2D eigenvalue weighted by Gasteiger charge is 2.04. The second-order valence-corrected chi connectivity index (χ2v) is 2.21. The normalized spacial score (nSPS) is 9.90. The van der Waals surface area contributed by atoms with E-state index >= 15 is 0 Å². The van der Waals surface area contributed by atoms with Gasteiger partial charge in [0.2, 0.25) is 0 Å². The summed E-state index contributed by atoms with van der Waals surface area (Å²) in [5, 5.41) is 1.34. The predicted octanol–water partition coefficient (Wildman–Crippen LogP) is 2.87. The Balaban J connectivity index is 3.14. The van der Waals surface area contributed by atoms with Crippen LogP contribution in [0, 0.1) is 17.0 Å². The molecular formula is C7H4BrF2. The molecule has 53 valence electrons. The van der Waals surface area contributed by atoms with Crippen LogP contribution in [0.3, 0.4) is 0 Å². The largest absolute Gasteiger partial charge is 0.204 e. The standard InChI is InChI=1S/C7H4BrF2/c8-4-5-2-1-3-6(9)7(5)10/h1-4H. The Hall–Kier alpha value is -0.440. The summed E-state index contributed by atoms with van der Waals surface area (Å²) < 4.78 is 24.9. The third-order valence-corrected chi connectivity index (χ3v) is 1.59. The molecule has 0 aliphatic rings. The van der Waals surface area contributed by atoms with Crippen molar-refractivity contribution in [3.63, 3.8) is 0 Å². The van der Waals surface area contributed by atoms with Crippen molar-refractivity contribution in [2.24, 2.45) is 0 Å². The molecule has 0 saturated carbocycles. The average Bonchev–Trinajstić information content (AvgIpc) is 1.95. The number of hydrogen-bond donors (Lipinski definition) is 0. The van der Waals surface area contributed by atoms with E-state index < -0.39 is 11.6 Å². The van der Waals surface area contributed by atoms with Crippen LogP contribution in [0.4, 0.5) is 8.78 Å². The molecule has 0 N–H and O–H groups in total. The van der Waals surface area contributed by atoms with Gasteiger partial charge < -0.3 is 0 Å². The topological polar surface area (TPSA) is 0 Å². The van der Waals surface area contributed by atoms with E-state index in [-0.39, 0.29) is 5.56 Å². The quantitative estimate of drug-likeness (QED) is 0.662. The van der Waals surface area contributed by atoms with Gasteiger partial charge in [0, 0.05) is 5.56 Å². The fraction of sp³-hybridized carbons (Fsp3) is 0. The lowest BCUT2D eigenvalue weighted by Gasteiger charge is -1.96. The van der Waals surface area contributed by atoms with Crippen LogP contribution < -0.4 is 0 Å². The first-order valence-corrected chi connectivity index (χ1v) is 3.54. The fourth-order valence-corrected chi connectivity index (χ4v) is 0.958. The smallest absolute Gasteiger partial charge is 0.163 e. The Morgan fingerprint density at radius 1 is 1.30 bits per heavy atom. The minimum atomic E-state index is -0.826. The third-order valence-electron chi connectivity index (χ3n) is 1.10. The molecule has 3 heteroatoms. The Morgan fingerprint density at radius 3 is 2.50 bits per heavy atom. The molecule has 0 heterocycles. The van der Waals surface area contributed by atoms with Crippen molar-refractivity contribution in [3.05, 3.63) is 40.7 Å². The van der Waals surface area contributed by atoms with Gasteiger partial charge in [0.15, 0.2) is 11.6 Å². The van der Waals surface area contributed by atoms with Crippen molar-refractivity contribution < 1.29 is 8.78 Å². The van der Waals surface area contributed by atoms with Crippen molar-refractivity contribution in [2.75, 3.05) is 0 Å². The third kappa shape index (κ3) is 1.34. The molecule has 0 spiro atoms. The van der Waals surface area contributed by atoms with E-state index in [9.17, 15) is 8.78 Å². The summed E-state index contributed by atoms with van der Waals surface area (Å²) in [5.41, 5.74) is 0.222. The molecule has 0 bridgehead atoms. The lowest BCUT2D eigenvalue weighted by molar-refractivity contribution is 0.505. The van der Waals surface area contributed by atoms with E-state index in [2.05, 4.69) is 15.9 Å². The van der Waals surface area contributed by atoms with Crippen LogP contribution in [0.1, 0.15) is 5.56 Å². The number of hydrogen-bond acceptors (Lipinski definition) is 0. The molecule has 0 amide bonds. The van der Waals surface area contributed by atoms with Crippen molar-refractivity contribution in [2.45, 2.75) is 0 Å². The first-order chi connectivity index (χ1) is 4.75. The molecule has 0 atom stereocenters. The predicted molar refractivity (Wildman–Crippen MR) is 38.7 cm³/mol. The summed E-state index contributed by atoms with van der Waals surface area (Å²) in [6.45, 7) is 0. The second kappa shape index (κ2) is 3.10. The minimum absolute atomic E-state index is 0.222. The van der Waals surface area contributed by atoms with Gasteiger partial charge in [-0.2, -0.15) is 0 Å². The highest BCUT2D eigenvalue weighted by Crippen LogP contribution is 2.15. The zero-order valence-electron chi connectivity index (χ0n) is 4.94. The molecule has 0 aromatic heterocycles. The van der Waals surface area contributed by atoms with E-state index in [0.29, 0.717) is 0 Å². The molecule has 0 aliphatic heterocycles. The molecule has 10 heavy (non-hydrogen) atoms. The van der Waals surface area contributed by atoms with Gasteiger partial charge in [0.1, 0.15) is 0 Å². The Labute approximate surface area is 66.0 Å². The molecule has 0 fully saturated rings. The zero-order chi connectivity index (χ0) is 7.56. The van der Waals surface area contributed by atoms with Crippen LogP contribution in [0.5, 0.6) is 0 Å². The maximum absolute atomic E-state index is 12.6. The van der Waals surface area contributed by atoms with Crippen LogP contribution in [0.2, 0.25) is 0 Å². The second-order valence-electron chi connectivity index (χ2n) is 1.75. The van der Waals surface area contributed by atoms with Crippen molar-refractivity contribution >= 4 is 15.9 Å². The van der Waals surface area contributed by atoms with E-state index in [0.717, 1.165) is 6.07 Å². The molecule has 1 radical (unpaired) electrons. The minimum Gasteiger partial charge on any atom is -0.204 e. The Kier molecular flexibility index (Phi) is 2.38. The first kappa shape index (κ1) is 7.66. The molecule has 0 saturated heterocycles. The maximum atomic E-state index is 12.6. The van der Waals surface area contributed by atoms with Crippen LogP contribution in [0.15, 0.2) is 18.2 Å². The van der Waals surface area contributed by atoms with Crippen LogP contribution in [0.25, 0.3) is 0 Å². The zero-order valence-corrected chi connectivity index (χ0v) is 6.53. The molecule has 1 rings (SSSR count). The van der Waals surface area contributed by atoms with E-state index in [1.807, 2.05) is 0 Å². The summed E-state index contributed by atoms with van der Waals surface area (Å²) in [6, 6.07) is 4.01. The summed E-state index contributed by atoms with van der Waals surface area (Å²) in [6.07, 6.45) is 0. The maximum Gasteiger partial charge on any atom is 0.163 e. The molecule has 0 aliphatic carbocycles. The summed E-state index contributed by atoms with van der Waals surface area (Å²) in [7, 11) is 0. The number of rotatable bonds is 1. The van der Waals surface area contributed by atoms with E-state index in [4.69, 9.17) is 0 Å². The molecule has 1 aromatic rings. The molecule has 0 nitrogen and oxygen atoms in total. The number of halogens is 3. The van der Waals surface area contributed by atoms with E-state index in [1.165, 1.54) is 17.5 Å². The van der Waals surface area contributed by atoms with Crippen LogP contribution in [-0.2, 0) is 0 Å². The van der Waals surface area contributed by atoms with Gasteiger partial charge in [-0.3, -0.25) is 0 Å². The Morgan fingerprint density at radius 2 is 2.00 bits per heavy atom. The summed E-state index contributed by atoms with van der Waals surface area (Å²) in [4.78, 5) is 0. The lowest BCUT2D eigenvalue weighted by Crippen LogP contribution is -1.87. The lowest BCUT2D eigenvalue weighted by atomic mass is 10.2. The van der Waals surface area contributed by atoms with Gasteiger partial charge in [0.05, 0.1) is 5.33 Å². The van der Waals surface area contributed by atoms with Crippen molar-refractivity contribution in [1.82, 2.24) is 0 Å². The Bertz CT molecular complexity index is 235. The summed E-state index contributed by atoms with van der Waals surface area (Å²) in [5.74, 6) is -1.65. The van der Waals surface area contributed by atoms with Crippen molar-refractivity contribution in [1.29, 1.82) is 0 Å². The van der Waals surface area contributed by atoms with Crippen LogP contribution in [-0.4, -0.2) is 0 Å². The van der Waals surface area contributed by atoms with Gasteiger partial charge in [0.25, 0.3) is 0 Å². The first-order valence-electron chi connectivity index (χ1n) is 2.63. The van der Waals surface area contributed by atoms with E-state index in [1.54, 1.807) is 0 Å². The summed E-state index contributed by atoms with van der Waals surface area (Å²) >= 11 is 2.91.